The maximum Gasteiger partial charge on any atom is 0.347 e. The standard InChI is InChI=1S/C31H29FN4O3/c1-19(28(37)39-30(2,3)4)38-26-10-7-20(15-24(26)32)22-16-34-29-35-17-27(36(29)18-22)31(11-12-31)23-8-9-25-21(14-23)6-5-13-33-25/h5-10,13-19H,11-12H2,1-4H3. The van der Waals surface area contributed by atoms with Crippen LogP contribution >= 0.6 is 0 Å². The second-order valence-electron chi connectivity index (χ2n) is 11.1. The summed E-state index contributed by atoms with van der Waals surface area (Å²) in [6.07, 6.45) is 8.40. The molecule has 0 saturated heterocycles. The minimum Gasteiger partial charge on any atom is -0.476 e. The molecule has 198 valence electrons. The van der Waals surface area contributed by atoms with Crippen molar-refractivity contribution in [3.8, 4) is 16.9 Å². The number of nitrogens with zero attached hydrogens (tertiary/aromatic N) is 4. The largest absolute Gasteiger partial charge is 0.476 e. The van der Waals surface area contributed by atoms with Gasteiger partial charge in [0.05, 0.1) is 17.4 Å². The van der Waals surface area contributed by atoms with E-state index in [0.717, 1.165) is 35.0 Å². The van der Waals surface area contributed by atoms with Gasteiger partial charge in [-0.3, -0.25) is 9.38 Å². The molecular weight excluding hydrogens is 495 g/mol. The highest BCUT2D eigenvalue weighted by Crippen LogP contribution is 2.53. The number of carbonyl (C=O) groups is 1. The summed E-state index contributed by atoms with van der Waals surface area (Å²) < 4.78 is 28.0. The molecule has 39 heavy (non-hydrogen) atoms. The Morgan fingerprint density at radius 2 is 1.82 bits per heavy atom. The summed E-state index contributed by atoms with van der Waals surface area (Å²) in [5, 5.41) is 1.10. The molecule has 1 aliphatic rings. The molecule has 1 fully saturated rings. The van der Waals surface area contributed by atoms with E-state index in [9.17, 15) is 4.79 Å². The first-order valence-corrected chi connectivity index (χ1v) is 13.0. The summed E-state index contributed by atoms with van der Waals surface area (Å²) in [5.74, 6) is -0.548. The van der Waals surface area contributed by atoms with Crippen LogP contribution in [0.2, 0.25) is 0 Å². The maximum absolute atomic E-state index is 15.1. The molecule has 7 nitrogen and oxygen atoms in total. The van der Waals surface area contributed by atoms with Crippen molar-refractivity contribution in [3.05, 3.63) is 90.4 Å². The van der Waals surface area contributed by atoms with E-state index in [2.05, 4.69) is 39.2 Å². The molecule has 1 unspecified atom stereocenters. The molecule has 3 heterocycles. The average molecular weight is 525 g/mol. The first-order valence-electron chi connectivity index (χ1n) is 13.0. The highest BCUT2D eigenvalue weighted by molar-refractivity contribution is 5.80. The Hall–Kier alpha value is -4.33. The number of esters is 1. The maximum atomic E-state index is 15.1. The van der Waals surface area contributed by atoms with E-state index in [1.807, 2.05) is 22.9 Å². The smallest absolute Gasteiger partial charge is 0.347 e. The number of aromatic nitrogens is 4. The van der Waals surface area contributed by atoms with Crippen LogP contribution in [0.15, 0.2) is 73.3 Å². The Bertz CT molecular complexity index is 1720. The highest BCUT2D eigenvalue weighted by Gasteiger charge is 2.48. The van der Waals surface area contributed by atoms with Gasteiger partial charge in [-0.2, -0.15) is 0 Å². The zero-order valence-electron chi connectivity index (χ0n) is 22.3. The lowest BCUT2D eigenvalue weighted by Gasteiger charge is -2.22. The first kappa shape index (κ1) is 25.0. The minimum absolute atomic E-state index is 0.0165. The quantitative estimate of drug-likeness (QED) is 0.244. The summed E-state index contributed by atoms with van der Waals surface area (Å²) in [7, 11) is 0. The molecule has 0 N–H and O–H groups in total. The van der Waals surface area contributed by atoms with Crippen molar-refractivity contribution < 1.29 is 18.7 Å². The van der Waals surface area contributed by atoms with Crippen LogP contribution in [-0.2, 0) is 14.9 Å². The lowest BCUT2D eigenvalue weighted by Crippen LogP contribution is -2.33. The number of hydrogen-bond acceptors (Lipinski definition) is 6. The van der Waals surface area contributed by atoms with Crippen molar-refractivity contribution in [2.45, 2.75) is 57.7 Å². The van der Waals surface area contributed by atoms with Crippen LogP contribution in [0.25, 0.3) is 27.8 Å². The monoisotopic (exact) mass is 524 g/mol. The normalized spacial score (nSPS) is 15.3. The lowest BCUT2D eigenvalue weighted by molar-refractivity contribution is -0.162. The van der Waals surface area contributed by atoms with E-state index in [0.29, 0.717) is 11.3 Å². The summed E-state index contributed by atoms with van der Waals surface area (Å²) in [6, 6.07) is 15.1. The fourth-order valence-corrected chi connectivity index (χ4v) is 4.97. The molecule has 3 aromatic heterocycles. The topological polar surface area (TPSA) is 78.6 Å². The molecule has 0 radical (unpaired) electrons. The summed E-state index contributed by atoms with van der Waals surface area (Å²) in [5.41, 5.74) is 3.83. The van der Waals surface area contributed by atoms with Gasteiger partial charge in [-0.05, 0) is 82.0 Å². The van der Waals surface area contributed by atoms with Crippen LogP contribution in [-0.4, -0.2) is 37.0 Å². The van der Waals surface area contributed by atoms with Crippen LogP contribution in [0.1, 0.15) is 51.8 Å². The number of fused-ring (bicyclic) bond motifs is 2. The van der Waals surface area contributed by atoms with Crippen LogP contribution in [0.5, 0.6) is 5.75 Å². The van der Waals surface area contributed by atoms with Crippen LogP contribution in [0, 0.1) is 5.82 Å². The van der Waals surface area contributed by atoms with E-state index in [1.165, 1.54) is 17.7 Å². The number of rotatable bonds is 6. The van der Waals surface area contributed by atoms with E-state index in [4.69, 9.17) is 9.47 Å². The molecule has 0 amide bonds. The molecule has 1 aliphatic carbocycles. The number of halogens is 1. The number of hydrogen-bond donors (Lipinski definition) is 0. The van der Waals surface area contributed by atoms with Crippen molar-refractivity contribution in [2.75, 3.05) is 0 Å². The molecule has 0 aliphatic heterocycles. The van der Waals surface area contributed by atoms with Crippen molar-refractivity contribution >= 4 is 22.6 Å². The number of pyridine rings is 1. The SMILES string of the molecule is CC(Oc1ccc(-c2cnc3ncc(C4(c5ccc6ncccc6c5)CC4)n3c2)cc1F)C(=O)OC(C)(C)C. The van der Waals surface area contributed by atoms with E-state index in [-0.39, 0.29) is 11.2 Å². The summed E-state index contributed by atoms with van der Waals surface area (Å²) >= 11 is 0. The zero-order valence-corrected chi connectivity index (χ0v) is 22.3. The average Bonchev–Trinajstić information content (AvgIpc) is 3.60. The van der Waals surface area contributed by atoms with Gasteiger partial charge in [0.15, 0.2) is 17.7 Å². The second kappa shape index (κ2) is 9.15. The van der Waals surface area contributed by atoms with Crippen molar-refractivity contribution in [1.29, 1.82) is 0 Å². The van der Waals surface area contributed by atoms with Gasteiger partial charge in [0, 0.05) is 35.0 Å². The van der Waals surface area contributed by atoms with Gasteiger partial charge in [0.1, 0.15) is 5.60 Å². The van der Waals surface area contributed by atoms with Gasteiger partial charge >= 0.3 is 5.97 Å². The fraction of sp³-hybridized carbons (Fsp3) is 0.290. The third-order valence-corrected chi connectivity index (χ3v) is 7.07. The summed E-state index contributed by atoms with van der Waals surface area (Å²) in [6.45, 7) is 6.86. The molecule has 0 bridgehead atoms. The first-order chi connectivity index (χ1) is 18.6. The second-order valence-corrected chi connectivity index (χ2v) is 11.1. The lowest BCUT2D eigenvalue weighted by atomic mass is 9.91. The number of ether oxygens (including phenoxy) is 2. The number of benzene rings is 2. The molecule has 6 rings (SSSR count). The van der Waals surface area contributed by atoms with E-state index < -0.39 is 23.5 Å². The Kier molecular flexibility index (Phi) is 5.86. The highest BCUT2D eigenvalue weighted by atomic mass is 19.1. The van der Waals surface area contributed by atoms with Gasteiger partial charge in [0.2, 0.25) is 5.78 Å². The van der Waals surface area contributed by atoms with Crippen LogP contribution in [0.3, 0.4) is 0 Å². The van der Waals surface area contributed by atoms with E-state index in [1.54, 1.807) is 46.2 Å². The molecule has 5 aromatic rings. The Morgan fingerprint density at radius 3 is 2.56 bits per heavy atom. The third kappa shape index (κ3) is 4.71. The number of carbonyl (C=O) groups excluding carboxylic acids is 1. The van der Waals surface area contributed by atoms with Gasteiger partial charge < -0.3 is 9.47 Å². The minimum atomic E-state index is -0.947. The van der Waals surface area contributed by atoms with Crippen LogP contribution < -0.4 is 4.74 Å². The Balaban J connectivity index is 1.29. The van der Waals surface area contributed by atoms with Gasteiger partial charge in [-0.15, -0.1) is 0 Å². The zero-order chi connectivity index (χ0) is 27.4. The Labute approximate surface area is 225 Å². The van der Waals surface area contributed by atoms with E-state index >= 15 is 4.39 Å². The molecule has 2 aromatic carbocycles. The molecule has 1 atom stereocenters. The van der Waals surface area contributed by atoms with Gasteiger partial charge in [-0.25, -0.2) is 19.2 Å². The third-order valence-electron chi connectivity index (χ3n) is 7.07. The molecule has 8 heteroatoms. The molecule has 1 saturated carbocycles. The van der Waals surface area contributed by atoms with Crippen molar-refractivity contribution in [3.63, 3.8) is 0 Å². The van der Waals surface area contributed by atoms with Crippen molar-refractivity contribution in [2.24, 2.45) is 0 Å². The van der Waals surface area contributed by atoms with Gasteiger partial charge in [0.25, 0.3) is 0 Å². The molecule has 0 spiro atoms. The van der Waals surface area contributed by atoms with Gasteiger partial charge in [-0.1, -0.05) is 18.2 Å². The van der Waals surface area contributed by atoms with Crippen molar-refractivity contribution in [1.82, 2.24) is 19.4 Å². The number of imidazole rings is 1. The predicted molar refractivity (Wildman–Crippen MR) is 146 cm³/mol. The summed E-state index contributed by atoms with van der Waals surface area (Å²) in [4.78, 5) is 25.8. The molecular formula is C31H29FN4O3. The fourth-order valence-electron chi connectivity index (χ4n) is 4.97. The predicted octanol–water partition coefficient (Wildman–Crippen LogP) is 6.27. The van der Waals surface area contributed by atoms with Crippen LogP contribution in [0.4, 0.5) is 4.39 Å². The Morgan fingerprint density at radius 1 is 1.03 bits per heavy atom.